The second-order valence-electron chi connectivity index (χ2n) is 4.94. The molecule has 2 heterocycles. The molecule has 0 aliphatic carbocycles. The van der Waals surface area contributed by atoms with E-state index >= 15 is 0 Å². The first-order valence-electron chi connectivity index (χ1n) is 6.58. The predicted octanol–water partition coefficient (Wildman–Crippen LogP) is 2.15. The third-order valence-corrected chi connectivity index (χ3v) is 3.76. The molecule has 0 bridgehead atoms. The number of nitrogen functional groups attached to an aromatic ring is 1. The van der Waals surface area contributed by atoms with Gasteiger partial charge in [-0.25, -0.2) is 0 Å². The third kappa shape index (κ3) is 2.55. The van der Waals surface area contributed by atoms with E-state index in [1.54, 1.807) is 0 Å². The minimum atomic E-state index is -0.252. The van der Waals surface area contributed by atoms with E-state index in [1.165, 1.54) is 0 Å². The number of benzene rings is 1. The van der Waals surface area contributed by atoms with Crippen LogP contribution in [0.15, 0.2) is 18.2 Å². The van der Waals surface area contributed by atoms with Crippen molar-refractivity contribution in [3.63, 3.8) is 0 Å². The van der Waals surface area contributed by atoms with E-state index in [4.69, 9.17) is 10.5 Å². The van der Waals surface area contributed by atoms with Crippen LogP contribution in [0.5, 0.6) is 0 Å². The van der Waals surface area contributed by atoms with Crippen LogP contribution in [0.3, 0.4) is 0 Å². The molecule has 0 unspecified atom stereocenters. The Labute approximate surface area is 119 Å². The molecule has 0 spiro atoms. The van der Waals surface area contributed by atoms with E-state index in [0.717, 1.165) is 49.2 Å². The average Bonchev–Trinajstić information content (AvgIpc) is 2.92. The third-order valence-electron chi connectivity index (χ3n) is 3.76. The van der Waals surface area contributed by atoms with Crippen molar-refractivity contribution in [1.29, 1.82) is 0 Å². The van der Waals surface area contributed by atoms with Gasteiger partial charge in [0.1, 0.15) is 6.10 Å². The highest BCUT2D eigenvalue weighted by Gasteiger charge is 2.31. The Balaban J connectivity index is 0.00000133. The molecule has 1 amide bonds. The molecule has 1 aromatic carbocycles. The van der Waals surface area contributed by atoms with Gasteiger partial charge >= 0.3 is 0 Å². The quantitative estimate of drug-likeness (QED) is 0.803. The van der Waals surface area contributed by atoms with Crippen LogP contribution in [0, 0.1) is 0 Å². The maximum atomic E-state index is 12.4. The smallest absolute Gasteiger partial charge is 0.256 e. The summed E-state index contributed by atoms with van der Waals surface area (Å²) >= 11 is 0. The molecule has 3 rings (SSSR count). The van der Waals surface area contributed by atoms with Crippen molar-refractivity contribution in [2.45, 2.75) is 31.8 Å². The monoisotopic (exact) mass is 282 g/mol. The number of halogens is 1. The second-order valence-corrected chi connectivity index (χ2v) is 4.94. The zero-order valence-corrected chi connectivity index (χ0v) is 11.6. The number of nitrogens with two attached hydrogens (primary N) is 1. The Kier molecular flexibility index (Phi) is 4.32. The molecule has 0 saturated carbocycles. The topological polar surface area (TPSA) is 55.6 Å². The lowest BCUT2D eigenvalue weighted by atomic mass is 9.99. The van der Waals surface area contributed by atoms with Gasteiger partial charge in [-0.15, -0.1) is 12.4 Å². The van der Waals surface area contributed by atoms with Crippen molar-refractivity contribution in [2.75, 3.05) is 23.8 Å². The molecule has 5 heteroatoms. The lowest BCUT2D eigenvalue weighted by molar-refractivity contribution is -0.127. The van der Waals surface area contributed by atoms with Crippen molar-refractivity contribution >= 4 is 29.7 Å². The van der Waals surface area contributed by atoms with Crippen LogP contribution in [-0.2, 0) is 16.0 Å². The first-order chi connectivity index (χ1) is 8.77. The molecule has 4 nitrogen and oxygen atoms in total. The Bertz CT molecular complexity index is 473. The van der Waals surface area contributed by atoms with Gasteiger partial charge in [0.05, 0.1) is 0 Å². The van der Waals surface area contributed by atoms with Crippen LogP contribution in [-0.4, -0.2) is 25.2 Å². The molecule has 104 valence electrons. The number of hydrogen-bond acceptors (Lipinski definition) is 3. The van der Waals surface area contributed by atoms with Crippen LogP contribution in [0.4, 0.5) is 11.4 Å². The predicted molar refractivity (Wildman–Crippen MR) is 77.8 cm³/mol. The number of carbonyl (C=O) groups is 1. The molecular formula is C14H19ClN2O2. The van der Waals surface area contributed by atoms with Crippen molar-refractivity contribution in [3.05, 3.63) is 23.8 Å². The molecule has 2 aliphatic heterocycles. The Hall–Kier alpha value is -1.26. The summed E-state index contributed by atoms with van der Waals surface area (Å²) in [6.45, 7) is 1.48. The number of amides is 1. The lowest BCUT2D eigenvalue weighted by Crippen LogP contribution is -2.42. The number of fused-ring (bicyclic) bond motifs is 1. The molecule has 2 aliphatic rings. The summed E-state index contributed by atoms with van der Waals surface area (Å²) in [6.07, 6.45) is 3.50. The number of anilines is 2. The summed E-state index contributed by atoms with van der Waals surface area (Å²) in [6, 6.07) is 5.80. The van der Waals surface area contributed by atoms with Crippen LogP contribution >= 0.6 is 12.4 Å². The van der Waals surface area contributed by atoms with Crippen molar-refractivity contribution in [1.82, 2.24) is 0 Å². The van der Waals surface area contributed by atoms with Crippen molar-refractivity contribution in [3.8, 4) is 0 Å². The summed E-state index contributed by atoms with van der Waals surface area (Å²) in [5.74, 6) is 0.0963. The number of hydrogen-bond donors (Lipinski definition) is 1. The van der Waals surface area contributed by atoms with E-state index in [1.807, 2.05) is 23.1 Å². The van der Waals surface area contributed by atoms with E-state index in [9.17, 15) is 4.79 Å². The van der Waals surface area contributed by atoms with Crippen LogP contribution in [0.25, 0.3) is 0 Å². The summed E-state index contributed by atoms with van der Waals surface area (Å²) in [5.41, 5.74) is 8.86. The zero-order chi connectivity index (χ0) is 12.5. The van der Waals surface area contributed by atoms with Crippen molar-refractivity contribution in [2.24, 2.45) is 0 Å². The normalized spacial score (nSPS) is 21.7. The largest absolute Gasteiger partial charge is 0.398 e. The van der Waals surface area contributed by atoms with Crippen LogP contribution in [0.2, 0.25) is 0 Å². The molecule has 1 aromatic rings. The fourth-order valence-electron chi connectivity index (χ4n) is 2.83. The summed E-state index contributed by atoms with van der Waals surface area (Å²) < 4.78 is 5.49. The minimum Gasteiger partial charge on any atom is -0.398 e. The highest BCUT2D eigenvalue weighted by molar-refractivity contribution is 5.98. The molecule has 0 aromatic heterocycles. The van der Waals surface area contributed by atoms with Gasteiger partial charge in [0.25, 0.3) is 5.91 Å². The second kappa shape index (κ2) is 5.80. The maximum absolute atomic E-state index is 12.4. The fourth-order valence-corrected chi connectivity index (χ4v) is 2.83. The van der Waals surface area contributed by atoms with E-state index in [2.05, 4.69) is 0 Å². The molecule has 1 atom stereocenters. The maximum Gasteiger partial charge on any atom is 0.256 e. The molecule has 2 N–H and O–H groups in total. The summed E-state index contributed by atoms with van der Waals surface area (Å²) in [4.78, 5) is 14.3. The SMILES string of the molecule is Cl.Nc1cccc2c1CCCN2C(=O)[C@@H]1CCCO1. The number of nitrogens with zero attached hydrogens (tertiary/aromatic N) is 1. The van der Waals surface area contributed by atoms with Gasteiger partial charge < -0.3 is 15.4 Å². The molecule has 0 radical (unpaired) electrons. The minimum absolute atomic E-state index is 0. The Morgan fingerprint density at radius 2 is 2.21 bits per heavy atom. The molecular weight excluding hydrogens is 264 g/mol. The molecule has 1 saturated heterocycles. The van der Waals surface area contributed by atoms with E-state index in [-0.39, 0.29) is 24.4 Å². The Morgan fingerprint density at radius 1 is 1.37 bits per heavy atom. The standard InChI is InChI=1S/C14H18N2O2.ClH/c15-11-5-1-6-12-10(11)4-2-8-16(12)14(17)13-7-3-9-18-13;/h1,5-6,13H,2-4,7-9,15H2;1H/t13-;/m0./s1. The summed E-state index contributed by atoms with van der Waals surface area (Å²) in [5, 5.41) is 0. The number of rotatable bonds is 1. The van der Waals surface area contributed by atoms with Gasteiger partial charge in [0, 0.05) is 24.5 Å². The lowest BCUT2D eigenvalue weighted by Gasteiger charge is -2.31. The van der Waals surface area contributed by atoms with Gasteiger partial charge in [0.2, 0.25) is 0 Å². The summed E-state index contributed by atoms with van der Waals surface area (Å²) in [7, 11) is 0. The van der Waals surface area contributed by atoms with Gasteiger partial charge in [-0.3, -0.25) is 4.79 Å². The van der Waals surface area contributed by atoms with Crippen LogP contribution in [0.1, 0.15) is 24.8 Å². The average molecular weight is 283 g/mol. The van der Waals surface area contributed by atoms with Gasteiger partial charge in [-0.2, -0.15) is 0 Å². The highest BCUT2D eigenvalue weighted by atomic mass is 35.5. The number of ether oxygens (including phenoxy) is 1. The Morgan fingerprint density at radius 3 is 2.95 bits per heavy atom. The number of carbonyl (C=O) groups excluding carboxylic acids is 1. The van der Waals surface area contributed by atoms with Gasteiger partial charge in [-0.1, -0.05) is 6.07 Å². The first-order valence-corrected chi connectivity index (χ1v) is 6.58. The van der Waals surface area contributed by atoms with E-state index in [0.29, 0.717) is 6.61 Å². The zero-order valence-electron chi connectivity index (χ0n) is 10.8. The van der Waals surface area contributed by atoms with Gasteiger partial charge in [0.15, 0.2) is 0 Å². The van der Waals surface area contributed by atoms with Crippen molar-refractivity contribution < 1.29 is 9.53 Å². The van der Waals surface area contributed by atoms with E-state index < -0.39 is 0 Å². The molecule has 1 fully saturated rings. The molecule has 19 heavy (non-hydrogen) atoms. The van der Waals surface area contributed by atoms with Gasteiger partial charge in [-0.05, 0) is 43.4 Å². The fraction of sp³-hybridized carbons (Fsp3) is 0.500. The highest BCUT2D eigenvalue weighted by Crippen LogP contribution is 2.32. The first kappa shape index (κ1) is 14.2. The van der Waals surface area contributed by atoms with Crippen LogP contribution < -0.4 is 10.6 Å².